The van der Waals surface area contributed by atoms with Crippen molar-refractivity contribution in [3.05, 3.63) is 53.8 Å². The molecule has 0 aliphatic heterocycles. The minimum Gasteiger partial charge on any atom is -0.298 e. The lowest BCUT2D eigenvalue weighted by molar-refractivity contribution is 0.102. The number of rotatable bonds is 6. The Bertz CT molecular complexity index is 1150. The maximum Gasteiger partial charge on any atom is 0.258 e. The van der Waals surface area contributed by atoms with Crippen molar-refractivity contribution < 1.29 is 17.6 Å². The Hall–Kier alpha value is -2.87. The number of hydrogen-bond acceptors (Lipinski definition) is 6. The maximum atomic E-state index is 13.3. The predicted molar refractivity (Wildman–Crippen MR) is 99.4 cm³/mol. The van der Waals surface area contributed by atoms with Gasteiger partial charge in [-0.2, -0.15) is 5.26 Å². The Kier molecular flexibility index (Phi) is 5.46. The number of sulfonamides is 1. The summed E-state index contributed by atoms with van der Waals surface area (Å²) in [5.74, 6) is -1.07. The number of nitrogens with zero attached hydrogens (tertiary/aromatic N) is 2. The molecule has 0 aliphatic carbocycles. The second kappa shape index (κ2) is 7.79. The second-order valence-corrected chi connectivity index (χ2v) is 8.15. The van der Waals surface area contributed by atoms with Gasteiger partial charge in [0.1, 0.15) is 5.82 Å². The summed E-state index contributed by atoms with van der Waals surface area (Å²) in [5, 5.41) is 11.3. The first-order valence-corrected chi connectivity index (χ1v) is 10.0. The van der Waals surface area contributed by atoms with E-state index in [1.807, 2.05) is 6.07 Å². The summed E-state index contributed by atoms with van der Waals surface area (Å²) in [6.45, 7) is -0.0573. The molecule has 2 N–H and O–H groups in total. The topological polar surface area (TPSA) is 112 Å². The average molecular weight is 404 g/mol. The highest BCUT2D eigenvalue weighted by Gasteiger charge is 2.22. The summed E-state index contributed by atoms with van der Waals surface area (Å²) < 4.78 is 40.9. The summed E-state index contributed by atoms with van der Waals surface area (Å²) in [7, 11) is -3.96. The van der Waals surface area contributed by atoms with Gasteiger partial charge in [0.15, 0.2) is 5.13 Å². The molecule has 3 rings (SSSR count). The Balaban J connectivity index is 1.87. The van der Waals surface area contributed by atoms with Crippen molar-refractivity contribution in [3.63, 3.8) is 0 Å². The molecule has 3 aromatic rings. The lowest BCUT2D eigenvalue weighted by Crippen LogP contribution is -2.27. The van der Waals surface area contributed by atoms with Crippen LogP contribution in [0.1, 0.15) is 16.8 Å². The van der Waals surface area contributed by atoms with Gasteiger partial charge in [-0.25, -0.2) is 22.5 Å². The van der Waals surface area contributed by atoms with Gasteiger partial charge >= 0.3 is 0 Å². The van der Waals surface area contributed by atoms with Crippen LogP contribution < -0.4 is 10.0 Å². The van der Waals surface area contributed by atoms with E-state index < -0.39 is 21.7 Å². The van der Waals surface area contributed by atoms with Crippen molar-refractivity contribution in [1.29, 1.82) is 5.26 Å². The van der Waals surface area contributed by atoms with Gasteiger partial charge in [0.2, 0.25) is 10.0 Å². The van der Waals surface area contributed by atoms with Crippen molar-refractivity contribution >= 4 is 42.6 Å². The normalized spacial score (nSPS) is 11.3. The molecule has 0 aliphatic rings. The quantitative estimate of drug-likeness (QED) is 0.614. The van der Waals surface area contributed by atoms with Crippen molar-refractivity contribution in [2.45, 2.75) is 11.3 Å². The number of nitrogens with one attached hydrogen (secondary N) is 2. The first-order valence-electron chi connectivity index (χ1n) is 7.74. The average Bonchev–Trinajstić information content (AvgIpc) is 3.03. The predicted octanol–water partition coefficient (Wildman–Crippen LogP) is 2.88. The standard InChI is InChI=1S/C17H13FN4O3S2/c18-11-6-7-13-14(10-11)26-17(21-13)22-16(23)12-4-1-2-5-15(12)27(24,25)20-9-3-8-19/h1-2,4-7,10,20H,3,9H2,(H,21,22,23). The molecule has 1 heterocycles. The molecule has 2 aromatic carbocycles. The minimum atomic E-state index is -3.96. The van der Waals surface area contributed by atoms with E-state index in [0.717, 1.165) is 11.3 Å². The third-order valence-corrected chi connectivity index (χ3v) is 5.97. The summed E-state index contributed by atoms with van der Waals surface area (Å²) >= 11 is 1.08. The molecule has 0 unspecified atom stereocenters. The summed E-state index contributed by atoms with van der Waals surface area (Å²) in [4.78, 5) is 16.6. The number of amides is 1. The molecule has 7 nitrogen and oxygen atoms in total. The van der Waals surface area contributed by atoms with Crippen LogP contribution in [0.4, 0.5) is 9.52 Å². The molecule has 0 saturated carbocycles. The van der Waals surface area contributed by atoms with Crippen LogP contribution in [0.25, 0.3) is 10.2 Å². The van der Waals surface area contributed by atoms with Crippen molar-refractivity contribution in [2.24, 2.45) is 0 Å². The highest BCUT2D eigenvalue weighted by molar-refractivity contribution is 7.89. The molecule has 0 radical (unpaired) electrons. The highest BCUT2D eigenvalue weighted by atomic mass is 32.2. The van der Waals surface area contributed by atoms with Crippen LogP contribution in [0.2, 0.25) is 0 Å². The van der Waals surface area contributed by atoms with Crippen LogP contribution in [0.15, 0.2) is 47.4 Å². The fraction of sp³-hybridized carbons (Fsp3) is 0.118. The van der Waals surface area contributed by atoms with E-state index in [0.29, 0.717) is 10.2 Å². The fourth-order valence-electron chi connectivity index (χ4n) is 2.32. The molecule has 10 heteroatoms. The van der Waals surface area contributed by atoms with Gasteiger partial charge in [-0.3, -0.25) is 10.1 Å². The zero-order valence-electron chi connectivity index (χ0n) is 13.8. The summed E-state index contributed by atoms with van der Waals surface area (Å²) in [6, 6.07) is 11.6. The first-order chi connectivity index (χ1) is 12.9. The van der Waals surface area contributed by atoms with Gasteiger partial charge in [-0.15, -0.1) is 0 Å². The lowest BCUT2D eigenvalue weighted by Gasteiger charge is -2.10. The second-order valence-electron chi connectivity index (χ2n) is 5.39. The number of carbonyl (C=O) groups is 1. The first kappa shape index (κ1) is 18.9. The largest absolute Gasteiger partial charge is 0.298 e. The number of anilines is 1. The number of carbonyl (C=O) groups excluding carboxylic acids is 1. The van der Waals surface area contributed by atoms with Crippen molar-refractivity contribution in [1.82, 2.24) is 9.71 Å². The number of fused-ring (bicyclic) bond motifs is 1. The van der Waals surface area contributed by atoms with Crippen LogP contribution in [0.5, 0.6) is 0 Å². The van der Waals surface area contributed by atoms with Gasteiger partial charge < -0.3 is 0 Å². The number of benzene rings is 2. The number of nitriles is 1. The van der Waals surface area contributed by atoms with E-state index in [2.05, 4.69) is 15.0 Å². The van der Waals surface area contributed by atoms with Gasteiger partial charge in [0.05, 0.1) is 26.7 Å². The van der Waals surface area contributed by atoms with E-state index in [4.69, 9.17) is 5.26 Å². The third kappa shape index (κ3) is 4.28. The van der Waals surface area contributed by atoms with Crippen LogP contribution in [-0.2, 0) is 10.0 Å². The molecule has 0 spiro atoms. The molecule has 0 atom stereocenters. The number of thiazole rings is 1. The third-order valence-electron chi connectivity index (χ3n) is 3.52. The van der Waals surface area contributed by atoms with Crippen molar-refractivity contribution in [2.75, 3.05) is 11.9 Å². The SMILES string of the molecule is N#CCCNS(=O)(=O)c1ccccc1C(=O)Nc1nc2ccc(F)cc2s1. The molecular formula is C17H13FN4O3S2. The molecule has 0 bridgehead atoms. The molecule has 0 saturated heterocycles. The van der Waals surface area contributed by atoms with Gasteiger partial charge in [0.25, 0.3) is 5.91 Å². The number of aromatic nitrogens is 1. The van der Waals surface area contributed by atoms with E-state index in [9.17, 15) is 17.6 Å². The monoisotopic (exact) mass is 404 g/mol. The molecule has 0 fully saturated rings. The number of hydrogen-bond donors (Lipinski definition) is 2. The molecule has 27 heavy (non-hydrogen) atoms. The Morgan fingerprint density at radius 2 is 2.04 bits per heavy atom. The van der Waals surface area contributed by atoms with Gasteiger partial charge in [-0.1, -0.05) is 23.5 Å². The number of halogens is 1. The van der Waals surface area contributed by atoms with Crippen LogP contribution in [0.3, 0.4) is 0 Å². The Morgan fingerprint density at radius 1 is 1.26 bits per heavy atom. The van der Waals surface area contributed by atoms with E-state index in [1.54, 1.807) is 0 Å². The van der Waals surface area contributed by atoms with Gasteiger partial charge in [-0.05, 0) is 30.3 Å². The summed E-state index contributed by atoms with van der Waals surface area (Å²) in [6.07, 6.45) is 0.00978. The van der Waals surface area contributed by atoms with E-state index in [-0.39, 0.29) is 28.6 Å². The maximum absolute atomic E-state index is 13.3. The van der Waals surface area contributed by atoms with Gasteiger partial charge in [0, 0.05) is 13.0 Å². The summed E-state index contributed by atoms with van der Waals surface area (Å²) in [5.41, 5.74) is 0.461. The van der Waals surface area contributed by atoms with E-state index in [1.165, 1.54) is 42.5 Å². The Morgan fingerprint density at radius 3 is 2.81 bits per heavy atom. The zero-order chi connectivity index (χ0) is 19.4. The molecular weight excluding hydrogens is 391 g/mol. The fourth-order valence-corrected chi connectivity index (χ4v) is 4.44. The highest BCUT2D eigenvalue weighted by Crippen LogP contribution is 2.27. The molecule has 1 amide bonds. The van der Waals surface area contributed by atoms with Crippen LogP contribution in [0, 0.1) is 17.1 Å². The minimum absolute atomic E-state index is 0.00978. The van der Waals surface area contributed by atoms with E-state index >= 15 is 0 Å². The van der Waals surface area contributed by atoms with Crippen molar-refractivity contribution in [3.8, 4) is 6.07 Å². The Labute approximate surface area is 158 Å². The zero-order valence-corrected chi connectivity index (χ0v) is 15.4. The molecule has 1 aromatic heterocycles. The van der Waals surface area contributed by atoms with Crippen LogP contribution >= 0.6 is 11.3 Å². The molecule has 138 valence electrons. The lowest BCUT2D eigenvalue weighted by atomic mass is 10.2. The van der Waals surface area contributed by atoms with Crippen LogP contribution in [-0.4, -0.2) is 25.9 Å². The smallest absolute Gasteiger partial charge is 0.258 e.